The fourth-order valence-electron chi connectivity index (χ4n) is 6.53. The third-order valence-corrected chi connectivity index (χ3v) is 8.42. The number of fused-ring (bicyclic) bond motifs is 3. The Kier molecular flexibility index (Phi) is 6.64. The minimum absolute atomic E-state index is 0.0619. The number of rotatable bonds is 6. The first-order chi connectivity index (χ1) is 18.1. The van der Waals surface area contributed by atoms with Crippen molar-refractivity contribution in [2.24, 2.45) is 11.8 Å². The van der Waals surface area contributed by atoms with Crippen molar-refractivity contribution in [3.63, 3.8) is 0 Å². The van der Waals surface area contributed by atoms with Crippen LogP contribution in [0.5, 0.6) is 5.75 Å². The Morgan fingerprint density at radius 1 is 1.08 bits per heavy atom. The van der Waals surface area contributed by atoms with Crippen LogP contribution in [0.2, 0.25) is 0 Å². The average molecular weight is 515 g/mol. The van der Waals surface area contributed by atoms with E-state index in [0.29, 0.717) is 42.8 Å². The summed E-state index contributed by atoms with van der Waals surface area (Å²) in [7, 11) is 0. The van der Waals surface area contributed by atoms with E-state index in [1.165, 1.54) is 12.5 Å². The number of aliphatic hydroxyl groups excluding tert-OH is 1. The monoisotopic (exact) mass is 514 g/mol. The molecule has 0 saturated carbocycles. The molecule has 0 amide bonds. The van der Waals surface area contributed by atoms with Crippen LogP contribution in [0.1, 0.15) is 68.4 Å². The molecule has 198 valence electrons. The standard InChI is InChI=1S/C32H34O6/c1-5-13-38-25-12-11-23(20-9-7-19(6-2)8-10-20)24-16-21-15-22-14-17(3)26(18(4)33)30(35)32(22,37)31(36)27(21)29(34)28(24)25/h7-12,21-22,36-37H,5-6,13-16H2,1-4H3/t21-,22-,32-/m1/s1. The van der Waals surface area contributed by atoms with Crippen molar-refractivity contribution in [3.05, 3.63) is 75.6 Å². The van der Waals surface area contributed by atoms with Gasteiger partial charge in [0.2, 0.25) is 5.78 Å². The molecule has 2 N–H and O–H groups in total. The molecule has 3 aliphatic rings. The number of benzene rings is 2. The molecule has 38 heavy (non-hydrogen) atoms. The maximum absolute atomic E-state index is 14.1. The first-order valence-electron chi connectivity index (χ1n) is 13.5. The largest absolute Gasteiger partial charge is 0.508 e. The number of aliphatic hydroxyl groups is 2. The van der Waals surface area contributed by atoms with Gasteiger partial charge in [-0.25, -0.2) is 0 Å². The summed E-state index contributed by atoms with van der Waals surface area (Å²) < 4.78 is 5.98. The van der Waals surface area contributed by atoms with Crippen LogP contribution in [0.25, 0.3) is 11.1 Å². The van der Waals surface area contributed by atoms with Gasteiger partial charge in [-0.3, -0.25) is 14.4 Å². The number of carbonyl (C=O) groups is 3. The van der Waals surface area contributed by atoms with Gasteiger partial charge in [-0.2, -0.15) is 0 Å². The lowest BCUT2D eigenvalue weighted by molar-refractivity contribution is -0.143. The lowest BCUT2D eigenvalue weighted by Crippen LogP contribution is -2.56. The quantitative estimate of drug-likeness (QED) is 0.494. The van der Waals surface area contributed by atoms with E-state index in [9.17, 15) is 24.6 Å². The molecule has 0 aromatic heterocycles. The van der Waals surface area contributed by atoms with Crippen molar-refractivity contribution in [3.8, 4) is 16.9 Å². The fourth-order valence-corrected chi connectivity index (χ4v) is 6.53. The number of allylic oxidation sites excluding steroid dienone is 2. The van der Waals surface area contributed by atoms with Gasteiger partial charge in [-0.1, -0.05) is 49.8 Å². The van der Waals surface area contributed by atoms with E-state index < -0.39 is 34.6 Å². The molecule has 0 fully saturated rings. The minimum atomic E-state index is -2.28. The number of hydrogen-bond donors (Lipinski definition) is 2. The van der Waals surface area contributed by atoms with Gasteiger partial charge >= 0.3 is 0 Å². The summed E-state index contributed by atoms with van der Waals surface area (Å²) in [4.78, 5) is 39.8. The Balaban J connectivity index is 1.68. The minimum Gasteiger partial charge on any atom is -0.508 e. The van der Waals surface area contributed by atoms with Crippen molar-refractivity contribution in [2.45, 2.75) is 65.4 Å². The molecule has 3 aliphatic carbocycles. The molecule has 6 nitrogen and oxygen atoms in total. The van der Waals surface area contributed by atoms with Crippen LogP contribution in [0.4, 0.5) is 0 Å². The number of ketones is 3. The molecule has 0 heterocycles. The summed E-state index contributed by atoms with van der Waals surface area (Å²) >= 11 is 0. The van der Waals surface area contributed by atoms with Crippen LogP contribution in [-0.4, -0.2) is 39.8 Å². The summed E-state index contributed by atoms with van der Waals surface area (Å²) in [6, 6.07) is 12.1. The average Bonchev–Trinajstić information content (AvgIpc) is 2.89. The van der Waals surface area contributed by atoms with Crippen LogP contribution in [0, 0.1) is 11.8 Å². The van der Waals surface area contributed by atoms with E-state index in [1.54, 1.807) is 13.0 Å². The van der Waals surface area contributed by atoms with Crippen LogP contribution in [0.15, 0.2) is 58.9 Å². The van der Waals surface area contributed by atoms with Gasteiger partial charge in [0, 0.05) is 11.5 Å². The van der Waals surface area contributed by atoms with Gasteiger partial charge in [-0.05, 0) is 80.2 Å². The number of carbonyl (C=O) groups excluding carboxylic acids is 3. The van der Waals surface area contributed by atoms with Gasteiger partial charge in [0.05, 0.1) is 17.7 Å². The van der Waals surface area contributed by atoms with E-state index >= 15 is 0 Å². The molecule has 0 radical (unpaired) electrons. The summed E-state index contributed by atoms with van der Waals surface area (Å²) in [5.74, 6) is -2.85. The van der Waals surface area contributed by atoms with E-state index in [2.05, 4.69) is 31.2 Å². The van der Waals surface area contributed by atoms with Crippen LogP contribution >= 0.6 is 0 Å². The highest BCUT2D eigenvalue weighted by molar-refractivity contribution is 6.25. The fraction of sp³-hybridized carbons (Fsp3) is 0.406. The Hall–Kier alpha value is -3.51. The highest BCUT2D eigenvalue weighted by atomic mass is 16.5. The predicted molar refractivity (Wildman–Crippen MR) is 144 cm³/mol. The molecule has 0 spiro atoms. The number of ether oxygens (including phenoxy) is 1. The smallest absolute Gasteiger partial charge is 0.205 e. The van der Waals surface area contributed by atoms with Crippen molar-refractivity contribution < 1.29 is 29.3 Å². The third kappa shape index (κ3) is 3.85. The van der Waals surface area contributed by atoms with Gasteiger partial charge in [0.1, 0.15) is 11.5 Å². The molecule has 0 unspecified atom stereocenters. The van der Waals surface area contributed by atoms with E-state index in [4.69, 9.17) is 4.74 Å². The lowest BCUT2D eigenvalue weighted by atomic mass is 9.59. The van der Waals surface area contributed by atoms with Crippen molar-refractivity contribution in [1.29, 1.82) is 0 Å². The van der Waals surface area contributed by atoms with Gasteiger partial charge in [0.15, 0.2) is 17.2 Å². The Morgan fingerprint density at radius 2 is 1.79 bits per heavy atom. The molecule has 3 atom stereocenters. The summed E-state index contributed by atoms with van der Waals surface area (Å²) in [6.45, 7) is 7.52. The zero-order valence-corrected chi connectivity index (χ0v) is 22.4. The molecule has 0 bridgehead atoms. The lowest BCUT2D eigenvalue weighted by Gasteiger charge is -2.46. The first kappa shape index (κ1) is 26.1. The van der Waals surface area contributed by atoms with Crippen molar-refractivity contribution in [2.75, 3.05) is 6.61 Å². The number of hydrogen-bond acceptors (Lipinski definition) is 6. The summed E-state index contributed by atoms with van der Waals surface area (Å²) in [5.41, 5.74) is 2.70. The van der Waals surface area contributed by atoms with Crippen LogP contribution in [0.3, 0.4) is 0 Å². The zero-order valence-electron chi connectivity index (χ0n) is 22.4. The maximum Gasteiger partial charge on any atom is 0.205 e. The van der Waals surface area contributed by atoms with Crippen LogP contribution < -0.4 is 4.74 Å². The Labute approximate surface area is 223 Å². The SMILES string of the molecule is CCCOc1ccc(-c2ccc(CC)cc2)c2c1C(=O)C1=C(O)[C@]3(O)C(=O)C(C(C)=O)=C(C)C[C@@H]3C[C@@H]1C2. The van der Waals surface area contributed by atoms with E-state index in [1.807, 2.05) is 13.0 Å². The first-order valence-corrected chi connectivity index (χ1v) is 13.5. The van der Waals surface area contributed by atoms with Crippen molar-refractivity contribution in [1.82, 2.24) is 0 Å². The molecule has 5 rings (SSSR count). The second kappa shape index (κ2) is 9.66. The molecular formula is C32H34O6. The zero-order chi connectivity index (χ0) is 27.4. The summed E-state index contributed by atoms with van der Waals surface area (Å²) in [5, 5.41) is 23.1. The van der Waals surface area contributed by atoms with E-state index in [-0.39, 0.29) is 17.1 Å². The van der Waals surface area contributed by atoms with Gasteiger partial charge in [-0.15, -0.1) is 0 Å². The van der Waals surface area contributed by atoms with Crippen LogP contribution in [-0.2, 0) is 22.4 Å². The number of aryl methyl sites for hydroxylation is 1. The Bertz CT molecular complexity index is 1410. The van der Waals surface area contributed by atoms with Crippen molar-refractivity contribution >= 4 is 17.3 Å². The molecule has 0 aliphatic heterocycles. The highest BCUT2D eigenvalue weighted by Crippen LogP contribution is 2.52. The second-order valence-electron chi connectivity index (χ2n) is 10.8. The molecule has 2 aromatic rings. The second-order valence-corrected chi connectivity index (χ2v) is 10.8. The topological polar surface area (TPSA) is 101 Å². The number of Topliss-reactive ketones (excluding diaryl/α,β-unsaturated/α-hetero) is 3. The van der Waals surface area contributed by atoms with Gasteiger partial charge < -0.3 is 14.9 Å². The molecule has 0 saturated heterocycles. The molecule has 6 heteroatoms. The third-order valence-electron chi connectivity index (χ3n) is 8.42. The highest BCUT2D eigenvalue weighted by Gasteiger charge is 2.58. The maximum atomic E-state index is 14.1. The predicted octanol–water partition coefficient (Wildman–Crippen LogP) is 5.50. The Morgan fingerprint density at radius 3 is 2.42 bits per heavy atom. The molecule has 2 aromatic carbocycles. The van der Waals surface area contributed by atoms with E-state index in [0.717, 1.165) is 29.5 Å². The normalized spacial score (nSPS) is 24.7. The molecular weight excluding hydrogens is 480 g/mol. The summed E-state index contributed by atoms with van der Waals surface area (Å²) in [6.07, 6.45) is 2.81. The van der Waals surface area contributed by atoms with Gasteiger partial charge in [0.25, 0.3) is 0 Å².